The summed E-state index contributed by atoms with van der Waals surface area (Å²) in [6, 6.07) is 11.4. The third-order valence-corrected chi connectivity index (χ3v) is 5.43. The molecule has 23 heavy (non-hydrogen) atoms. The highest BCUT2D eigenvalue weighted by Gasteiger charge is 2.27. The van der Waals surface area contributed by atoms with Crippen LogP contribution >= 0.6 is 0 Å². The Labute approximate surface area is 135 Å². The van der Waals surface area contributed by atoms with E-state index in [9.17, 15) is 13.2 Å². The summed E-state index contributed by atoms with van der Waals surface area (Å²) >= 11 is 0. The molecule has 1 saturated heterocycles. The molecule has 122 valence electrons. The van der Waals surface area contributed by atoms with Crippen molar-refractivity contribution in [3.05, 3.63) is 54.5 Å². The van der Waals surface area contributed by atoms with E-state index >= 15 is 0 Å². The topological polar surface area (TPSA) is 79.6 Å². The predicted octanol–water partition coefficient (Wildman–Crippen LogP) is 1.86. The number of sulfonamides is 1. The van der Waals surface area contributed by atoms with Crippen molar-refractivity contribution in [2.75, 3.05) is 13.1 Å². The second-order valence-electron chi connectivity index (χ2n) is 5.48. The van der Waals surface area contributed by atoms with Crippen LogP contribution in [0.3, 0.4) is 0 Å². The summed E-state index contributed by atoms with van der Waals surface area (Å²) in [7, 11) is -3.51. The van der Waals surface area contributed by atoms with Gasteiger partial charge in [0.25, 0.3) is 5.91 Å². The summed E-state index contributed by atoms with van der Waals surface area (Å²) < 4.78 is 32.4. The molecule has 0 radical (unpaired) electrons. The Hall–Kier alpha value is -2.12. The van der Waals surface area contributed by atoms with E-state index in [2.05, 4.69) is 4.72 Å². The van der Waals surface area contributed by atoms with Crippen LogP contribution < -0.4 is 4.72 Å². The maximum Gasteiger partial charge on any atom is 0.289 e. The number of likely N-dealkylation sites (tertiary alicyclic amines) is 1. The van der Waals surface area contributed by atoms with E-state index < -0.39 is 10.0 Å². The fraction of sp³-hybridized carbons (Fsp3) is 0.312. The average molecular weight is 334 g/mol. The molecular weight excluding hydrogens is 316 g/mol. The maximum atomic E-state index is 12.3. The molecule has 1 amide bonds. The normalized spacial score (nSPS) is 16.4. The quantitative estimate of drug-likeness (QED) is 0.925. The van der Waals surface area contributed by atoms with Gasteiger partial charge in [0, 0.05) is 19.1 Å². The van der Waals surface area contributed by atoms with E-state index in [1.807, 2.05) is 0 Å². The van der Waals surface area contributed by atoms with Gasteiger partial charge in [-0.3, -0.25) is 4.79 Å². The standard InChI is InChI=1S/C16H18N2O4S/c19-16(15-7-4-12-22-15)18-10-8-13(9-11-18)17-23(20,21)14-5-2-1-3-6-14/h1-7,12-13,17H,8-11H2. The maximum absolute atomic E-state index is 12.3. The first kappa shape index (κ1) is 15.8. The number of carbonyl (C=O) groups is 1. The number of hydrogen-bond acceptors (Lipinski definition) is 4. The van der Waals surface area contributed by atoms with Crippen LogP contribution in [0.25, 0.3) is 0 Å². The smallest absolute Gasteiger partial charge is 0.289 e. The largest absolute Gasteiger partial charge is 0.459 e. The first-order valence-corrected chi connectivity index (χ1v) is 8.95. The Bertz CT molecular complexity index is 749. The lowest BCUT2D eigenvalue weighted by atomic mass is 10.1. The van der Waals surface area contributed by atoms with Crippen LogP contribution in [0.15, 0.2) is 58.0 Å². The van der Waals surface area contributed by atoms with Gasteiger partial charge in [-0.1, -0.05) is 18.2 Å². The number of hydrogen-bond donors (Lipinski definition) is 1. The third kappa shape index (κ3) is 3.62. The zero-order valence-electron chi connectivity index (χ0n) is 12.5. The van der Waals surface area contributed by atoms with Gasteiger partial charge in [-0.2, -0.15) is 0 Å². The van der Waals surface area contributed by atoms with Gasteiger partial charge in [-0.25, -0.2) is 13.1 Å². The van der Waals surface area contributed by atoms with Crippen LogP contribution in [0.1, 0.15) is 23.4 Å². The Kier molecular flexibility index (Phi) is 4.49. The lowest BCUT2D eigenvalue weighted by molar-refractivity contribution is 0.0679. The number of benzene rings is 1. The van der Waals surface area contributed by atoms with E-state index in [1.165, 1.54) is 6.26 Å². The molecule has 1 aliphatic heterocycles. The van der Waals surface area contributed by atoms with Crippen molar-refractivity contribution in [3.63, 3.8) is 0 Å². The average Bonchev–Trinajstić information content (AvgIpc) is 3.10. The van der Waals surface area contributed by atoms with Crippen LogP contribution in [0.2, 0.25) is 0 Å². The summed E-state index contributed by atoms with van der Waals surface area (Å²) in [5, 5.41) is 0. The minimum absolute atomic E-state index is 0.153. The molecule has 3 rings (SSSR count). The SMILES string of the molecule is O=C(c1ccco1)N1CCC(NS(=O)(=O)c2ccccc2)CC1. The van der Waals surface area contributed by atoms with E-state index in [1.54, 1.807) is 47.4 Å². The molecule has 1 aromatic carbocycles. The molecule has 0 aliphatic carbocycles. The molecule has 1 fully saturated rings. The molecule has 2 aromatic rings. The molecule has 1 aliphatic rings. The highest BCUT2D eigenvalue weighted by atomic mass is 32.2. The van der Waals surface area contributed by atoms with Crippen LogP contribution in [0.5, 0.6) is 0 Å². The number of amides is 1. The number of nitrogens with one attached hydrogen (secondary N) is 1. The van der Waals surface area contributed by atoms with Crippen molar-refractivity contribution >= 4 is 15.9 Å². The van der Waals surface area contributed by atoms with Gasteiger partial charge < -0.3 is 9.32 Å². The Morgan fingerprint density at radius 1 is 1.09 bits per heavy atom. The van der Waals surface area contributed by atoms with Gasteiger partial charge in [-0.05, 0) is 37.1 Å². The number of rotatable bonds is 4. The Morgan fingerprint density at radius 2 is 1.78 bits per heavy atom. The summed E-state index contributed by atoms with van der Waals surface area (Å²) in [5.41, 5.74) is 0. The molecule has 7 heteroatoms. The van der Waals surface area contributed by atoms with Gasteiger partial charge >= 0.3 is 0 Å². The molecule has 0 spiro atoms. The van der Waals surface area contributed by atoms with E-state index in [0.717, 1.165) is 0 Å². The van der Waals surface area contributed by atoms with Crippen LogP contribution in [-0.2, 0) is 10.0 Å². The summed E-state index contributed by atoms with van der Waals surface area (Å²) in [6.45, 7) is 1.00. The number of piperidine rings is 1. The van der Waals surface area contributed by atoms with Crippen molar-refractivity contribution in [1.29, 1.82) is 0 Å². The summed E-state index contributed by atoms with van der Waals surface area (Å²) in [5.74, 6) is 0.160. The zero-order valence-corrected chi connectivity index (χ0v) is 13.3. The molecule has 1 N–H and O–H groups in total. The highest BCUT2D eigenvalue weighted by Crippen LogP contribution is 2.17. The highest BCUT2D eigenvalue weighted by molar-refractivity contribution is 7.89. The molecule has 0 saturated carbocycles. The van der Waals surface area contributed by atoms with Crippen LogP contribution in [-0.4, -0.2) is 38.4 Å². The number of nitrogens with zero attached hydrogens (tertiary/aromatic N) is 1. The molecule has 0 unspecified atom stereocenters. The monoisotopic (exact) mass is 334 g/mol. The first-order valence-electron chi connectivity index (χ1n) is 7.46. The third-order valence-electron chi connectivity index (χ3n) is 3.89. The van der Waals surface area contributed by atoms with Crippen molar-refractivity contribution < 1.29 is 17.6 Å². The van der Waals surface area contributed by atoms with E-state index in [-0.39, 0.29) is 16.8 Å². The molecule has 0 atom stereocenters. The van der Waals surface area contributed by atoms with Crippen molar-refractivity contribution in [3.8, 4) is 0 Å². The van der Waals surface area contributed by atoms with Gasteiger partial charge in [0.2, 0.25) is 10.0 Å². The predicted molar refractivity (Wildman–Crippen MR) is 84.4 cm³/mol. The second kappa shape index (κ2) is 6.55. The summed E-state index contributed by atoms with van der Waals surface area (Å²) in [6.07, 6.45) is 2.63. The lowest BCUT2D eigenvalue weighted by Gasteiger charge is -2.31. The van der Waals surface area contributed by atoms with E-state index in [4.69, 9.17) is 4.42 Å². The minimum Gasteiger partial charge on any atom is -0.459 e. The first-order chi connectivity index (χ1) is 11.1. The minimum atomic E-state index is -3.51. The van der Waals surface area contributed by atoms with Gasteiger partial charge in [0.1, 0.15) is 0 Å². The number of furan rings is 1. The van der Waals surface area contributed by atoms with Gasteiger partial charge in [-0.15, -0.1) is 0 Å². The Morgan fingerprint density at radius 3 is 2.39 bits per heavy atom. The summed E-state index contributed by atoms with van der Waals surface area (Å²) in [4.78, 5) is 14.1. The molecule has 2 heterocycles. The van der Waals surface area contributed by atoms with Gasteiger partial charge in [0.05, 0.1) is 11.2 Å². The Balaban J connectivity index is 1.58. The van der Waals surface area contributed by atoms with Crippen molar-refractivity contribution in [2.45, 2.75) is 23.8 Å². The fourth-order valence-electron chi connectivity index (χ4n) is 2.64. The molecular formula is C16H18N2O4S. The van der Waals surface area contributed by atoms with E-state index in [0.29, 0.717) is 31.7 Å². The lowest BCUT2D eigenvalue weighted by Crippen LogP contribution is -2.46. The van der Waals surface area contributed by atoms with Crippen molar-refractivity contribution in [2.24, 2.45) is 0 Å². The van der Waals surface area contributed by atoms with Crippen LogP contribution in [0.4, 0.5) is 0 Å². The molecule has 1 aromatic heterocycles. The zero-order chi connectivity index (χ0) is 16.3. The van der Waals surface area contributed by atoms with Crippen LogP contribution in [0, 0.1) is 0 Å². The van der Waals surface area contributed by atoms with Crippen molar-refractivity contribution in [1.82, 2.24) is 9.62 Å². The second-order valence-corrected chi connectivity index (χ2v) is 7.19. The fourth-order valence-corrected chi connectivity index (χ4v) is 3.97. The van der Waals surface area contributed by atoms with Gasteiger partial charge in [0.15, 0.2) is 5.76 Å². The number of carbonyl (C=O) groups excluding carboxylic acids is 1. The molecule has 6 nitrogen and oxygen atoms in total. The molecule has 0 bridgehead atoms.